The number of nitrogens with two attached hydrogens (primary N) is 1. The van der Waals surface area contributed by atoms with Gasteiger partial charge in [0.15, 0.2) is 5.95 Å². The van der Waals surface area contributed by atoms with Gasteiger partial charge in [-0.15, -0.1) is 0 Å². The fraction of sp³-hybridized carbons (Fsp3) is 0.0500. The average Bonchev–Trinajstić information content (AvgIpc) is 3.29. The van der Waals surface area contributed by atoms with E-state index in [4.69, 9.17) is 10.2 Å². The van der Waals surface area contributed by atoms with E-state index in [0.717, 1.165) is 39.2 Å². The van der Waals surface area contributed by atoms with E-state index < -0.39 is 0 Å². The molecule has 5 rings (SSSR count). The number of aromatic nitrogens is 4. The molecule has 0 fully saturated rings. The summed E-state index contributed by atoms with van der Waals surface area (Å²) >= 11 is 0. The van der Waals surface area contributed by atoms with Crippen molar-refractivity contribution in [2.75, 3.05) is 5.73 Å². The SMILES string of the molecule is Nc1nc2ccc(-c3ccc(Cc4n[nH]c(=O)c5ccccc45)o3)cc2[nH]1. The quantitative estimate of drug-likeness (QED) is 0.459. The van der Waals surface area contributed by atoms with Crippen molar-refractivity contribution < 1.29 is 4.42 Å². The molecular weight excluding hydrogens is 342 g/mol. The number of nitrogens with zero attached hydrogens (tertiary/aromatic N) is 2. The molecule has 0 radical (unpaired) electrons. The van der Waals surface area contributed by atoms with E-state index in [1.54, 1.807) is 6.07 Å². The monoisotopic (exact) mass is 357 g/mol. The van der Waals surface area contributed by atoms with Crippen LogP contribution in [0.5, 0.6) is 0 Å². The van der Waals surface area contributed by atoms with Crippen molar-refractivity contribution in [1.29, 1.82) is 0 Å². The Morgan fingerprint density at radius 3 is 2.78 bits per heavy atom. The first-order chi connectivity index (χ1) is 13.2. The second-order valence-electron chi connectivity index (χ2n) is 6.34. The minimum Gasteiger partial charge on any atom is -0.461 e. The van der Waals surface area contributed by atoms with Crippen molar-refractivity contribution >= 4 is 27.8 Å². The van der Waals surface area contributed by atoms with E-state index in [0.29, 0.717) is 17.8 Å². The molecule has 0 aliphatic rings. The molecule has 0 saturated heterocycles. The van der Waals surface area contributed by atoms with E-state index in [-0.39, 0.29) is 5.56 Å². The van der Waals surface area contributed by atoms with Crippen LogP contribution in [0, 0.1) is 0 Å². The number of furan rings is 1. The smallest absolute Gasteiger partial charge is 0.272 e. The molecule has 0 bridgehead atoms. The highest BCUT2D eigenvalue weighted by Gasteiger charge is 2.11. The maximum Gasteiger partial charge on any atom is 0.272 e. The summed E-state index contributed by atoms with van der Waals surface area (Å²) in [5, 5.41) is 8.21. The Labute approximate surface area is 152 Å². The summed E-state index contributed by atoms with van der Waals surface area (Å²) in [6.45, 7) is 0. The number of nitrogen functional groups attached to an aromatic ring is 1. The number of nitrogens with one attached hydrogen (secondary N) is 2. The lowest BCUT2D eigenvalue weighted by Crippen LogP contribution is -2.11. The summed E-state index contributed by atoms with van der Waals surface area (Å²) in [6.07, 6.45) is 0.483. The first kappa shape index (κ1) is 15.4. The van der Waals surface area contributed by atoms with Crippen LogP contribution < -0.4 is 11.3 Å². The number of fused-ring (bicyclic) bond motifs is 2. The topological polar surface area (TPSA) is 114 Å². The van der Waals surface area contributed by atoms with Crippen LogP contribution in [0.4, 0.5) is 5.95 Å². The van der Waals surface area contributed by atoms with Crippen molar-refractivity contribution in [2.45, 2.75) is 6.42 Å². The van der Waals surface area contributed by atoms with E-state index in [1.807, 2.05) is 48.5 Å². The van der Waals surface area contributed by atoms with Gasteiger partial charge in [-0.25, -0.2) is 10.1 Å². The van der Waals surface area contributed by atoms with E-state index in [1.165, 1.54) is 0 Å². The summed E-state index contributed by atoms with van der Waals surface area (Å²) in [5.41, 5.74) is 8.87. The van der Waals surface area contributed by atoms with Crippen molar-refractivity contribution in [3.63, 3.8) is 0 Å². The Morgan fingerprint density at radius 1 is 1.04 bits per heavy atom. The van der Waals surface area contributed by atoms with E-state index in [2.05, 4.69) is 20.2 Å². The maximum atomic E-state index is 11.9. The molecule has 0 unspecified atom stereocenters. The number of imidazole rings is 1. The molecule has 27 heavy (non-hydrogen) atoms. The van der Waals surface area contributed by atoms with Crippen LogP contribution in [0.15, 0.2) is 63.8 Å². The molecule has 0 aliphatic heterocycles. The van der Waals surface area contributed by atoms with Crippen LogP contribution in [-0.2, 0) is 6.42 Å². The summed E-state index contributed by atoms with van der Waals surface area (Å²) in [6, 6.07) is 17.1. The maximum absolute atomic E-state index is 11.9. The summed E-state index contributed by atoms with van der Waals surface area (Å²) in [5.74, 6) is 1.89. The highest BCUT2D eigenvalue weighted by molar-refractivity contribution is 5.84. The van der Waals surface area contributed by atoms with Gasteiger partial charge in [0.1, 0.15) is 11.5 Å². The van der Waals surface area contributed by atoms with Gasteiger partial charge in [0.05, 0.1) is 28.5 Å². The Bertz CT molecular complexity index is 1350. The Hall–Kier alpha value is -3.87. The number of hydrogen-bond donors (Lipinski definition) is 3. The number of benzene rings is 2. The molecule has 7 nitrogen and oxygen atoms in total. The molecule has 2 aromatic carbocycles. The van der Waals surface area contributed by atoms with Crippen LogP contribution in [-0.4, -0.2) is 20.2 Å². The summed E-state index contributed by atoms with van der Waals surface area (Å²) < 4.78 is 6.01. The Kier molecular flexibility index (Phi) is 3.33. The fourth-order valence-corrected chi connectivity index (χ4v) is 3.28. The fourth-order valence-electron chi connectivity index (χ4n) is 3.28. The van der Waals surface area contributed by atoms with Crippen LogP contribution in [0.25, 0.3) is 33.1 Å². The van der Waals surface area contributed by atoms with E-state index in [9.17, 15) is 4.79 Å². The third-order valence-corrected chi connectivity index (χ3v) is 4.56. The summed E-state index contributed by atoms with van der Waals surface area (Å²) in [7, 11) is 0. The Balaban J connectivity index is 1.50. The van der Waals surface area contributed by atoms with Gasteiger partial charge >= 0.3 is 0 Å². The third kappa shape index (κ3) is 2.65. The average molecular weight is 357 g/mol. The van der Waals surface area contributed by atoms with Crippen molar-refractivity contribution in [1.82, 2.24) is 20.2 Å². The van der Waals surface area contributed by atoms with E-state index >= 15 is 0 Å². The zero-order valence-corrected chi connectivity index (χ0v) is 14.2. The van der Waals surface area contributed by atoms with Gasteiger partial charge < -0.3 is 15.1 Å². The van der Waals surface area contributed by atoms with Gasteiger partial charge in [0.25, 0.3) is 5.56 Å². The van der Waals surface area contributed by atoms with Crippen LogP contribution >= 0.6 is 0 Å². The molecule has 0 amide bonds. The molecule has 7 heteroatoms. The molecular formula is C20H15N5O2. The molecule has 5 aromatic rings. The third-order valence-electron chi connectivity index (χ3n) is 4.56. The van der Waals surface area contributed by atoms with Gasteiger partial charge in [-0.3, -0.25) is 4.79 Å². The molecule has 0 atom stereocenters. The molecule has 3 aromatic heterocycles. The van der Waals surface area contributed by atoms with Gasteiger partial charge in [-0.05, 0) is 36.4 Å². The zero-order valence-electron chi connectivity index (χ0n) is 14.2. The van der Waals surface area contributed by atoms with Gasteiger partial charge in [-0.2, -0.15) is 5.10 Å². The van der Waals surface area contributed by atoms with Gasteiger partial charge in [-0.1, -0.05) is 18.2 Å². The van der Waals surface area contributed by atoms with Gasteiger partial charge in [0.2, 0.25) is 0 Å². The lowest BCUT2D eigenvalue weighted by molar-refractivity contribution is 0.532. The predicted molar refractivity (Wildman–Crippen MR) is 103 cm³/mol. The minimum atomic E-state index is -0.193. The Morgan fingerprint density at radius 2 is 1.89 bits per heavy atom. The zero-order chi connectivity index (χ0) is 18.4. The van der Waals surface area contributed by atoms with Crippen LogP contribution in [0.2, 0.25) is 0 Å². The van der Waals surface area contributed by atoms with Crippen LogP contribution in [0.3, 0.4) is 0 Å². The predicted octanol–water partition coefficient (Wildman–Crippen LogP) is 3.23. The molecule has 0 spiro atoms. The minimum absolute atomic E-state index is 0.193. The number of anilines is 1. The lowest BCUT2D eigenvalue weighted by atomic mass is 10.1. The number of hydrogen-bond acceptors (Lipinski definition) is 5. The van der Waals surface area contributed by atoms with Crippen LogP contribution in [0.1, 0.15) is 11.5 Å². The number of aromatic amines is 2. The first-order valence-corrected chi connectivity index (χ1v) is 8.48. The first-order valence-electron chi connectivity index (χ1n) is 8.48. The van der Waals surface area contributed by atoms with Crippen molar-refractivity contribution in [3.05, 3.63) is 76.4 Å². The second-order valence-corrected chi connectivity index (χ2v) is 6.34. The molecule has 0 aliphatic carbocycles. The highest BCUT2D eigenvalue weighted by atomic mass is 16.3. The normalized spacial score (nSPS) is 11.4. The second kappa shape index (κ2) is 5.84. The largest absolute Gasteiger partial charge is 0.461 e. The molecule has 132 valence electrons. The number of rotatable bonds is 3. The molecule has 3 heterocycles. The lowest BCUT2D eigenvalue weighted by Gasteiger charge is -2.03. The number of H-pyrrole nitrogens is 2. The highest BCUT2D eigenvalue weighted by Crippen LogP contribution is 2.27. The molecule has 4 N–H and O–H groups in total. The van der Waals surface area contributed by atoms with Crippen molar-refractivity contribution in [3.8, 4) is 11.3 Å². The molecule has 0 saturated carbocycles. The van der Waals surface area contributed by atoms with Gasteiger partial charge in [0, 0.05) is 10.9 Å². The summed E-state index contributed by atoms with van der Waals surface area (Å²) in [4.78, 5) is 19.1. The van der Waals surface area contributed by atoms with Crippen molar-refractivity contribution in [2.24, 2.45) is 0 Å². The standard InChI is InChI=1S/C20H15N5O2/c21-20-22-15-7-5-11(9-17(15)23-20)18-8-6-12(27-18)10-16-13-3-1-2-4-14(13)19(26)25-24-16/h1-9H,10H2,(H,25,26)(H3,21,22,23).